The highest BCUT2D eigenvalue weighted by molar-refractivity contribution is 7.46. The van der Waals surface area contributed by atoms with Crippen LogP contribution in [0.15, 0.2) is 11.6 Å². The maximum Gasteiger partial charge on any atom is 0.347 e. The lowest BCUT2D eigenvalue weighted by atomic mass is 9.47. The summed E-state index contributed by atoms with van der Waals surface area (Å²) < 4.78 is 31.0. The molecule has 6 unspecified atom stereocenters. The van der Waals surface area contributed by atoms with E-state index in [2.05, 4.69) is 47.6 Å². The zero-order valence-corrected chi connectivity index (χ0v) is 42.5. The molecule has 3 fully saturated rings. The van der Waals surface area contributed by atoms with Crippen molar-refractivity contribution >= 4 is 19.6 Å². The van der Waals surface area contributed by atoms with Crippen LogP contribution < -0.4 is 4.89 Å². The van der Waals surface area contributed by atoms with Gasteiger partial charge in [-0.25, -0.2) is 4.79 Å². The molecule has 366 valence electrons. The van der Waals surface area contributed by atoms with Crippen molar-refractivity contribution in [1.82, 2.24) is 0 Å². The monoisotopic (exact) mass is 908 g/mol. The molecule has 4 aliphatic rings. The SMILES string of the molecule is CCCCCCCCCCCCCCCC(=O)C(OP(=O)([O-])OCC[N+](C)(C)C)(C(=O)O)[C@H](CO)OC1CC[C@@]2(C)C(=CCC3C2CC[C@@]2(C)C3CC[C@@H]2[C@H](C)CCCC(C)C)C1. The summed E-state index contributed by atoms with van der Waals surface area (Å²) in [4.78, 5) is 41.1. The first kappa shape index (κ1) is 54.5. The number of Topliss-reactive ketones (excluding diaryl/α,β-unsaturated/α-hetero) is 1. The maximum atomic E-state index is 14.2. The third-order valence-electron chi connectivity index (χ3n) is 16.7. The molecule has 0 bridgehead atoms. The second-order valence-corrected chi connectivity index (χ2v) is 24.1. The second kappa shape index (κ2) is 24.8. The lowest BCUT2D eigenvalue weighted by Gasteiger charge is -2.58. The Labute approximate surface area is 384 Å². The van der Waals surface area contributed by atoms with Crippen LogP contribution in [0.3, 0.4) is 0 Å². The summed E-state index contributed by atoms with van der Waals surface area (Å²) in [5, 5.41) is 21.7. The number of nitrogens with zero attached hydrogens (tertiary/aromatic N) is 1. The summed E-state index contributed by atoms with van der Waals surface area (Å²) in [7, 11) is 0.274. The first-order valence-corrected chi connectivity index (χ1v) is 27.4. The molecule has 0 spiro atoms. The predicted octanol–water partition coefficient (Wildman–Crippen LogP) is 11.9. The summed E-state index contributed by atoms with van der Waals surface area (Å²) in [6, 6.07) is 0. The number of fused-ring (bicyclic) bond motifs is 5. The molecule has 4 aliphatic carbocycles. The molecule has 63 heavy (non-hydrogen) atoms. The molecule has 4 rings (SSSR count). The number of hydrogen-bond acceptors (Lipinski definition) is 8. The van der Waals surface area contributed by atoms with Gasteiger partial charge in [0.1, 0.15) is 19.3 Å². The Bertz CT molecular complexity index is 1500. The minimum absolute atomic E-state index is 0.00559. The maximum absolute atomic E-state index is 14.2. The molecule has 10 nitrogen and oxygen atoms in total. The summed E-state index contributed by atoms with van der Waals surface area (Å²) in [5.41, 5.74) is -1.29. The van der Waals surface area contributed by atoms with Gasteiger partial charge >= 0.3 is 5.97 Å². The Morgan fingerprint density at radius 1 is 0.873 bits per heavy atom. The Hall–Kier alpha value is -1.13. The van der Waals surface area contributed by atoms with Gasteiger partial charge < -0.3 is 28.9 Å². The van der Waals surface area contributed by atoms with Crippen molar-refractivity contribution in [2.24, 2.45) is 46.3 Å². The standard InChI is InChI=1S/C52H94NO9P/c1-10-11-12-13-14-15-16-17-18-19-20-21-22-26-47(55)52(49(56)57,62-63(58,59)60-36-35-53(7,8)9)48(38-54)61-42-31-33-50(5)41(37-42)27-28-43-45-30-29-44(40(4)25-23-24-39(2)3)51(45,6)34-32-46(43)50/h27,39-40,42-46,48,54H,10-26,28-38H2,1-9H3,(H-,56,57,58,59)/t40-,42?,43?,44-,45?,46?,48+,50+,51-,52?/m1/s1. The van der Waals surface area contributed by atoms with Crippen molar-refractivity contribution in [1.29, 1.82) is 0 Å². The molecule has 0 amide bonds. The van der Waals surface area contributed by atoms with Crippen LogP contribution in [0.2, 0.25) is 0 Å². The molecule has 11 atom stereocenters. The van der Waals surface area contributed by atoms with Crippen molar-refractivity contribution in [3.05, 3.63) is 11.6 Å². The fourth-order valence-corrected chi connectivity index (χ4v) is 14.0. The minimum atomic E-state index is -5.35. The Morgan fingerprint density at radius 2 is 1.49 bits per heavy atom. The van der Waals surface area contributed by atoms with E-state index in [1.54, 1.807) is 0 Å². The molecule has 0 radical (unpaired) electrons. The number of rotatable bonds is 31. The molecule has 11 heteroatoms. The molecule has 0 aliphatic heterocycles. The average molecular weight is 908 g/mol. The number of unbranched alkanes of at least 4 members (excludes halogenated alkanes) is 12. The number of carboxylic acids is 1. The number of hydrogen-bond donors (Lipinski definition) is 2. The molecule has 0 aromatic heterocycles. The van der Waals surface area contributed by atoms with E-state index in [0.717, 1.165) is 55.8 Å². The van der Waals surface area contributed by atoms with Gasteiger partial charge in [0.05, 0.1) is 33.9 Å². The van der Waals surface area contributed by atoms with E-state index in [1.807, 2.05) is 21.1 Å². The number of ether oxygens (including phenoxy) is 1. The number of likely N-dealkylation sites (N-methyl/N-ethyl adjacent to an activating group) is 1. The van der Waals surface area contributed by atoms with Gasteiger partial charge in [0.15, 0.2) is 5.78 Å². The minimum Gasteiger partial charge on any atom is -0.756 e. The van der Waals surface area contributed by atoms with E-state index >= 15 is 0 Å². The Balaban J connectivity index is 1.43. The van der Waals surface area contributed by atoms with E-state index in [1.165, 1.54) is 102 Å². The second-order valence-electron chi connectivity index (χ2n) is 22.8. The van der Waals surface area contributed by atoms with Gasteiger partial charge in [0, 0.05) is 6.42 Å². The molecule has 2 N–H and O–H groups in total. The van der Waals surface area contributed by atoms with E-state index < -0.39 is 44.0 Å². The zero-order chi connectivity index (χ0) is 46.5. The highest BCUT2D eigenvalue weighted by Crippen LogP contribution is 2.67. The molecule has 3 saturated carbocycles. The number of phosphoric ester groups is 1. The van der Waals surface area contributed by atoms with E-state index in [-0.39, 0.29) is 18.4 Å². The normalized spacial score (nSPS) is 30.1. The molecule has 0 aromatic carbocycles. The van der Waals surface area contributed by atoms with E-state index in [4.69, 9.17) is 13.8 Å². The molecule has 0 heterocycles. The van der Waals surface area contributed by atoms with E-state index in [0.29, 0.717) is 54.0 Å². The number of ketones is 1. The highest BCUT2D eigenvalue weighted by Gasteiger charge is 2.61. The first-order chi connectivity index (χ1) is 29.7. The first-order valence-electron chi connectivity index (χ1n) is 25.9. The lowest BCUT2D eigenvalue weighted by Crippen LogP contribution is -2.61. The van der Waals surface area contributed by atoms with Gasteiger partial charge in [-0.15, -0.1) is 0 Å². The van der Waals surface area contributed by atoms with Crippen molar-refractivity contribution in [3.63, 3.8) is 0 Å². The van der Waals surface area contributed by atoms with Crippen LogP contribution in [0.1, 0.15) is 202 Å². The smallest absolute Gasteiger partial charge is 0.347 e. The largest absolute Gasteiger partial charge is 0.756 e. The lowest BCUT2D eigenvalue weighted by molar-refractivity contribution is -0.870. The topological polar surface area (TPSA) is 142 Å². The zero-order valence-electron chi connectivity index (χ0n) is 41.6. The van der Waals surface area contributed by atoms with Crippen LogP contribution in [-0.4, -0.2) is 85.2 Å². The Morgan fingerprint density at radius 3 is 2.06 bits per heavy atom. The highest BCUT2D eigenvalue weighted by atomic mass is 31.2. The number of aliphatic hydroxyl groups is 1. The summed E-state index contributed by atoms with van der Waals surface area (Å²) >= 11 is 0. The number of aliphatic carboxylic acids is 1. The van der Waals surface area contributed by atoms with Gasteiger partial charge in [0.2, 0.25) is 0 Å². The van der Waals surface area contributed by atoms with Crippen LogP contribution in [0, 0.1) is 46.3 Å². The third kappa shape index (κ3) is 14.7. The van der Waals surface area contributed by atoms with Crippen molar-refractivity contribution < 1.29 is 47.5 Å². The number of carbonyl (C=O) groups is 2. The molecule has 0 aromatic rings. The van der Waals surface area contributed by atoms with Crippen molar-refractivity contribution in [2.45, 2.75) is 220 Å². The number of quaternary nitrogens is 1. The predicted molar refractivity (Wildman–Crippen MR) is 252 cm³/mol. The molecular formula is C52H94NO9P. The Kier molecular flexibility index (Phi) is 21.4. The average Bonchev–Trinajstić information content (AvgIpc) is 3.57. The molecule has 0 saturated heterocycles. The summed E-state index contributed by atoms with van der Waals surface area (Å²) in [6.07, 6.45) is 26.4. The number of allylic oxidation sites excluding steroid dienone is 1. The van der Waals surface area contributed by atoms with Crippen LogP contribution >= 0.6 is 7.82 Å². The van der Waals surface area contributed by atoms with Gasteiger partial charge in [-0.1, -0.05) is 150 Å². The summed E-state index contributed by atoms with van der Waals surface area (Å²) in [5.74, 6) is 1.51. The number of phosphoric acid groups is 1. The van der Waals surface area contributed by atoms with E-state index in [9.17, 15) is 29.3 Å². The quantitative estimate of drug-likeness (QED) is 0.0228. The van der Waals surface area contributed by atoms with Gasteiger partial charge in [-0.05, 0) is 104 Å². The van der Waals surface area contributed by atoms with Crippen LogP contribution in [0.25, 0.3) is 0 Å². The van der Waals surface area contributed by atoms with Gasteiger partial charge in [-0.2, -0.15) is 0 Å². The van der Waals surface area contributed by atoms with Gasteiger partial charge in [-0.3, -0.25) is 13.9 Å². The van der Waals surface area contributed by atoms with Gasteiger partial charge in [0.25, 0.3) is 13.4 Å². The summed E-state index contributed by atoms with van der Waals surface area (Å²) in [6.45, 7) is 13.6. The fraction of sp³-hybridized carbons (Fsp3) is 0.923. The van der Waals surface area contributed by atoms with Crippen LogP contribution in [-0.2, 0) is 27.9 Å². The molecular weight excluding hydrogens is 814 g/mol. The number of carbonyl (C=O) groups excluding carboxylic acids is 1. The van der Waals surface area contributed by atoms with Crippen molar-refractivity contribution in [3.8, 4) is 0 Å². The number of carboxylic acid groups (broad SMARTS) is 1. The third-order valence-corrected chi connectivity index (χ3v) is 17.8. The van der Waals surface area contributed by atoms with Crippen LogP contribution in [0.5, 0.6) is 0 Å². The number of aliphatic hydroxyl groups excluding tert-OH is 1. The van der Waals surface area contributed by atoms with Crippen molar-refractivity contribution in [2.75, 3.05) is 40.9 Å². The van der Waals surface area contributed by atoms with Crippen LogP contribution in [0.4, 0.5) is 0 Å². The fourth-order valence-electron chi connectivity index (χ4n) is 13.0.